The fourth-order valence-corrected chi connectivity index (χ4v) is 8.42. The maximum atomic E-state index is 6.37. The van der Waals surface area contributed by atoms with Crippen molar-refractivity contribution in [3.63, 3.8) is 0 Å². The molecule has 0 atom stereocenters. The Morgan fingerprint density at radius 1 is 0.255 bits per heavy atom. The highest BCUT2D eigenvalue weighted by molar-refractivity contribution is 6.27. The van der Waals surface area contributed by atoms with E-state index in [1.165, 1.54) is 93.2 Å². The molecule has 0 radical (unpaired) electrons. The van der Waals surface area contributed by atoms with Crippen molar-refractivity contribution in [3.05, 3.63) is 182 Å². The van der Waals surface area contributed by atoms with Crippen LogP contribution in [0.25, 0.3) is 98.7 Å². The molecule has 0 bridgehead atoms. The summed E-state index contributed by atoms with van der Waals surface area (Å²) < 4.78 is 6.37. The van der Waals surface area contributed by atoms with E-state index in [2.05, 4.69) is 176 Å². The average Bonchev–Trinajstić information content (AvgIpc) is 3.20. The van der Waals surface area contributed by atoms with E-state index in [-0.39, 0.29) is 0 Å². The zero-order valence-electron chi connectivity index (χ0n) is 27.7. The van der Waals surface area contributed by atoms with Crippen molar-refractivity contribution < 1.29 is 4.74 Å². The Morgan fingerprint density at radius 3 is 1.53 bits per heavy atom. The molecular weight excluding hydrogens is 617 g/mol. The molecule has 1 aliphatic heterocycles. The number of para-hydroxylation sites is 1. The molecule has 51 heavy (non-hydrogen) atoms. The predicted molar refractivity (Wildman–Crippen MR) is 215 cm³/mol. The lowest BCUT2D eigenvalue weighted by Crippen LogP contribution is -1.97. The van der Waals surface area contributed by atoms with Crippen molar-refractivity contribution in [1.82, 2.24) is 0 Å². The Labute approximate surface area is 296 Å². The first-order valence-electron chi connectivity index (χ1n) is 17.6. The van der Waals surface area contributed by atoms with E-state index in [1.807, 2.05) is 6.07 Å². The molecule has 10 aromatic carbocycles. The van der Waals surface area contributed by atoms with E-state index >= 15 is 0 Å². The molecule has 10 aromatic rings. The zero-order chi connectivity index (χ0) is 33.5. The van der Waals surface area contributed by atoms with Crippen LogP contribution < -0.4 is 4.74 Å². The highest BCUT2D eigenvalue weighted by Crippen LogP contribution is 2.49. The predicted octanol–water partition coefficient (Wildman–Crippen LogP) is 14.2. The summed E-state index contributed by atoms with van der Waals surface area (Å²) in [4.78, 5) is 0. The van der Waals surface area contributed by atoms with Gasteiger partial charge in [-0.3, -0.25) is 0 Å². The normalized spacial score (nSPS) is 12.1. The smallest absolute Gasteiger partial charge is 0.135 e. The topological polar surface area (TPSA) is 9.23 Å². The van der Waals surface area contributed by atoms with Crippen molar-refractivity contribution in [2.24, 2.45) is 0 Å². The number of hydrogen-bond acceptors (Lipinski definition) is 1. The van der Waals surface area contributed by atoms with Gasteiger partial charge in [-0.05, 0) is 130 Å². The summed E-state index contributed by atoms with van der Waals surface area (Å²) in [7, 11) is 0. The summed E-state index contributed by atoms with van der Waals surface area (Å²) in [6.45, 7) is 0. The molecule has 1 heterocycles. The number of hydrogen-bond donors (Lipinski definition) is 0. The van der Waals surface area contributed by atoms with Crippen LogP contribution in [0.15, 0.2) is 182 Å². The van der Waals surface area contributed by atoms with Crippen molar-refractivity contribution in [2.75, 3.05) is 0 Å². The van der Waals surface area contributed by atoms with Crippen LogP contribution in [0.3, 0.4) is 0 Å². The third-order valence-corrected chi connectivity index (χ3v) is 10.8. The molecular formula is C50H30O. The van der Waals surface area contributed by atoms with Crippen LogP contribution in [0.1, 0.15) is 0 Å². The molecule has 0 fully saturated rings. The van der Waals surface area contributed by atoms with Gasteiger partial charge in [0.2, 0.25) is 0 Å². The summed E-state index contributed by atoms with van der Waals surface area (Å²) in [6.07, 6.45) is 0. The third-order valence-electron chi connectivity index (χ3n) is 10.8. The summed E-state index contributed by atoms with van der Waals surface area (Å²) in [5.74, 6) is 1.81. The minimum absolute atomic E-state index is 0.900. The van der Waals surface area contributed by atoms with E-state index in [0.29, 0.717) is 0 Å². The van der Waals surface area contributed by atoms with E-state index in [4.69, 9.17) is 4.74 Å². The first kappa shape index (κ1) is 28.2. The second kappa shape index (κ2) is 10.9. The molecule has 1 nitrogen and oxygen atoms in total. The summed E-state index contributed by atoms with van der Waals surface area (Å²) >= 11 is 0. The number of ether oxygens (including phenoxy) is 1. The SMILES string of the molecule is c1ccc(-c2cc(-c3cc4c5c(cccc5c3)Oc3ccccc3-4)cc(-c3ccc4ccc5c(-c6ccccc6)ccc6ccc3c4c65)c2)cc1. The highest BCUT2D eigenvalue weighted by Gasteiger charge is 2.22. The Bertz CT molecular complexity index is 2970. The van der Waals surface area contributed by atoms with Crippen molar-refractivity contribution in [3.8, 4) is 67.1 Å². The third kappa shape index (κ3) is 4.35. The van der Waals surface area contributed by atoms with Crippen LogP contribution in [-0.4, -0.2) is 0 Å². The highest BCUT2D eigenvalue weighted by atomic mass is 16.5. The molecule has 0 aliphatic carbocycles. The van der Waals surface area contributed by atoms with E-state index in [0.717, 1.165) is 17.1 Å². The average molecular weight is 647 g/mol. The molecule has 1 heteroatoms. The lowest BCUT2D eigenvalue weighted by Gasteiger charge is -2.22. The molecule has 11 rings (SSSR count). The van der Waals surface area contributed by atoms with Crippen LogP contribution >= 0.6 is 0 Å². The van der Waals surface area contributed by atoms with Gasteiger partial charge in [0, 0.05) is 10.9 Å². The number of rotatable bonds is 4. The maximum absolute atomic E-state index is 6.37. The van der Waals surface area contributed by atoms with Crippen LogP contribution in [0.5, 0.6) is 11.5 Å². The summed E-state index contributed by atoms with van der Waals surface area (Å²) in [5, 5.41) is 10.1. The summed E-state index contributed by atoms with van der Waals surface area (Å²) in [5.41, 5.74) is 12.1. The van der Waals surface area contributed by atoms with E-state index < -0.39 is 0 Å². The molecule has 0 unspecified atom stereocenters. The van der Waals surface area contributed by atoms with Gasteiger partial charge >= 0.3 is 0 Å². The molecule has 0 N–H and O–H groups in total. The zero-order valence-corrected chi connectivity index (χ0v) is 27.7. The van der Waals surface area contributed by atoms with E-state index in [1.54, 1.807) is 0 Å². The van der Waals surface area contributed by atoms with Crippen LogP contribution in [0, 0.1) is 0 Å². The first-order valence-corrected chi connectivity index (χ1v) is 17.6. The molecule has 0 aromatic heterocycles. The van der Waals surface area contributed by atoms with Gasteiger partial charge in [0.15, 0.2) is 0 Å². The second-order valence-corrected chi connectivity index (χ2v) is 13.7. The fraction of sp³-hybridized carbons (Fsp3) is 0. The van der Waals surface area contributed by atoms with Gasteiger partial charge in [0.25, 0.3) is 0 Å². The second-order valence-electron chi connectivity index (χ2n) is 13.7. The largest absolute Gasteiger partial charge is 0.456 e. The standard InChI is InChI=1S/C50H30O/c1-3-10-31(11-4-1)36-27-37(38-26-35-14-9-17-47-48(35)45(30-38)42-15-7-8-16-46(42)51-47)29-39(28-36)41-23-19-34-20-24-43-40(32-12-5-2-6-13-32)22-18-33-21-25-44(41)50(34)49(33)43/h1-30H. The van der Waals surface area contributed by atoms with Gasteiger partial charge in [-0.2, -0.15) is 0 Å². The van der Waals surface area contributed by atoms with Crippen LogP contribution in [0.2, 0.25) is 0 Å². The number of fused-ring (bicyclic) bond motifs is 2. The minimum atomic E-state index is 0.900. The van der Waals surface area contributed by atoms with Crippen molar-refractivity contribution in [2.45, 2.75) is 0 Å². The number of benzene rings is 10. The Hall–Kier alpha value is -6.70. The van der Waals surface area contributed by atoms with Crippen molar-refractivity contribution in [1.29, 1.82) is 0 Å². The molecule has 0 spiro atoms. The first-order chi connectivity index (χ1) is 25.3. The monoisotopic (exact) mass is 646 g/mol. The van der Waals surface area contributed by atoms with Crippen molar-refractivity contribution >= 4 is 43.1 Å². The van der Waals surface area contributed by atoms with E-state index in [9.17, 15) is 0 Å². The molecule has 0 saturated heterocycles. The minimum Gasteiger partial charge on any atom is -0.456 e. The Balaban J connectivity index is 1.17. The van der Waals surface area contributed by atoms with Gasteiger partial charge in [0.05, 0.1) is 0 Å². The van der Waals surface area contributed by atoms with Gasteiger partial charge in [-0.1, -0.05) is 140 Å². The quantitative estimate of drug-likeness (QED) is 0.173. The molecule has 236 valence electrons. The van der Waals surface area contributed by atoms with Gasteiger partial charge in [-0.15, -0.1) is 0 Å². The Morgan fingerprint density at radius 2 is 0.804 bits per heavy atom. The fourth-order valence-electron chi connectivity index (χ4n) is 8.42. The maximum Gasteiger partial charge on any atom is 0.135 e. The lowest BCUT2D eigenvalue weighted by molar-refractivity contribution is 0.487. The molecule has 0 amide bonds. The van der Waals surface area contributed by atoms with Gasteiger partial charge < -0.3 is 4.74 Å². The lowest BCUT2D eigenvalue weighted by atomic mass is 9.85. The van der Waals surface area contributed by atoms with Gasteiger partial charge in [0.1, 0.15) is 11.5 Å². The van der Waals surface area contributed by atoms with Gasteiger partial charge in [-0.25, -0.2) is 0 Å². The summed E-state index contributed by atoms with van der Waals surface area (Å²) in [6, 6.07) is 66.5. The Kier molecular flexibility index (Phi) is 6.02. The molecule has 1 aliphatic rings. The molecule has 0 saturated carbocycles. The van der Waals surface area contributed by atoms with Crippen LogP contribution in [0.4, 0.5) is 0 Å². The van der Waals surface area contributed by atoms with Crippen LogP contribution in [-0.2, 0) is 0 Å².